The Labute approximate surface area is 158 Å². The summed E-state index contributed by atoms with van der Waals surface area (Å²) in [6, 6.07) is 21.8. The predicted molar refractivity (Wildman–Crippen MR) is 112 cm³/mol. The second-order valence-corrected chi connectivity index (χ2v) is 8.17. The van der Waals surface area contributed by atoms with Gasteiger partial charge in [-0.25, -0.2) is 0 Å². The molecular weight excluding hydrogens is 314 g/mol. The second-order valence-electron chi connectivity index (χ2n) is 8.17. The zero-order valence-corrected chi connectivity index (χ0v) is 16.6. The molecule has 1 heterocycles. The fourth-order valence-electron chi connectivity index (χ4n) is 3.47. The summed E-state index contributed by atoms with van der Waals surface area (Å²) in [5, 5.41) is 0. The first-order chi connectivity index (χ1) is 12.4. The second kappa shape index (κ2) is 7.45. The van der Waals surface area contributed by atoms with E-state index in [9.17, 15) is 0 Å². The maximum atomic E-state index is 4.71. The molecule has 0 amide bonds. The van der Waals surface area contributed by atoms with Gasteiger partial charge in [-0.05, 0) is 53.6 Å². The molecule has 134 valence electrons. The van der Waals surface area contributed by atoms with E-state index in [0.717, 1.165) is 12.1 Å². The van der Waals surface area contributed by atoms with Crippen LogP contribution in [-0.4, -0.2) is 4.98 Å². The third-order valence-electron chi connectivity index (χ3n) is 5.22. The molecule has 0 radical (unpaired) electrons. The Morgan fingerprint density at radius 1 is 0.885 bits per heavy atom. The summed E-state index contributed by atoms with van der Waals surface area (Å²) in [6.07, 6.45) is 3.11. The largest absolute Gasteiger partial charge is 0.256 e. The van der Waals surface area contributed by atoms with Gasteiger partial charge in [-0.15, -0.1) is 0 Å². The number of aromatic nitrogens is 1. The van der Waals surface area contributed by atoms with Crippen LogP contribution in [0.25, 0.3) is 11.3 Å². The molecule has 1 heteroatoms. The zero-order valence-electron chi connectivity index (χ0n) is 16.6. The van der Waals surface area contributed by atoms with E-state index >= 15 is 0 Å². The highest BCUT2D eigenvalue weighted by Gasteiger charge is 2.23. The molecule has 0 aliphatic heterocycles. The summed E-state index contributed by atoms with van der Waals surface area (Å²) in [5.74, 6) is 0.646. The van der Waals surface area contributed by atoms with Gasteiger partial charge in [-0.1, -0.05) is 76.2 Å². The van der Waals surface area contributed by atoms with E-state index in [4.69, 9.17) is 4.98 Å². The lowest BCUT2D eigenvalue weighted by atomic mass is 9.77. The number of aryl methyl sites for hydroxylation is 1. The molecule has 3 aromatic rings. The molecule has 0 N–H and O–H groups in total. The number of hydrogen-bond acceptors (Lipinski definition) is 1. The zero-order chi connectivity index (χ0) is 18.7. The van der Waals surface area contributed by atoms with E-state index in [1.54, 1.807) is 0 Å². The van der Waals surface area contributed by atoms with E-state index in [1.165, 1.54) is 27.8 Å². The molecule has 0 bridgehead atoms. The summed E-state index contributed by atoms with van der Waals surface area (Å²) in [6.45, 7) is 11.3. The Bertz CT molecular complexity index is 876. The van der Waals surface area contributed by atoms with Gasteiger partial charge in [0.15, 0.2) is 0 Å². The van der Waals surface area contributed by atoms with Crippen molar-refractivity contribution in [3.8, 4) is 11.3 Å². The Hall–Kier alpha value is -2.41. The van der Waals surface area contributed by atoms with Crippen molar-refractivity contribution >= 4 is 0 Å². The third kappa shape index (κ3) is 3.88. The van der Waals surface area contributed by atoms with Crippen LogP contribution in [-0.2, 0) is 11.8 Å². The van der Waals surface area contributed by atoms with Gasteiger partial charge in [0.2, 0.25) is 0 Å². The van der Waals surface area contributed by atoms with E-state index in [2.05, 4.69) is 95.3 Å². The van der Waals surface area contributed by atoms with Crippen LogP contribution in [0.15, 0.2) is 66.9 Å². The smallest absolute Gasteiger partial charge is 0.0705 e. The molecule has 1 nitrogen and oxygen atoms in total. The Balaban J connectivity index is 2.00. The van der Waals surface area contributed by atoms with Crippen LogP contribution in [0.1, 0.15) is 49.9 Å². The Morgan fingerprint density at radius 3 is 2.27 bits per heavy atom. The van der Waals surface area contributed by atoms with Crippen molar-refractivity contribution in [2.24, 2.45) is 5.92 Å². The summed E-state index contributed by atoms with van der Waals surface area (Å²) in [4.78, 5) is 4.71. The van der Waals surface area contributed by atoms with Gasteiger partial charge in [0.25, 0.3) is 0 Å². The maximum absolute atomic E-state index is 4.71. The van der Waals surface area contributed by atoms with Crippen molar-refractivity contribution in [2.45, 2.75) is 46.5 Å². The number of pyridine rings is 1. The summed E-state index contributed by atoms with van der Waals surface area (Å²) < 4.78 is 0. The molecule has 0 aliphatic rings. The minimum atomic E-state index is -0.0390. The molecule has 1 aromatic heterocycles. The Kier molecular flexibility index (Phi) is 5.27. The fourth-order valence-corrected chi connectivity index (χ4v) is 3.47. The average Bonchev–Trinajstić information content (AvgIpc) is 2.64. The van der Waals surface area contributed by atoms with Crippen LogP contribution >= 0.6 is 0 Å². The molecule has 0 atom stereocenters. The first-order valence-electron chi connectivity index (χ1n) is 9.50. The van der Waals surface area contributed by atoms with Crippen LogP contribution < -0.4 is 0 Å². The van der Waals surface area contributed by atoms with Gasteiger partial charge in [0.05, 0.1) is 5.69 Å². The third-order valence-corrected chi connectivity index (χ3v) is 5.22. The van der Waals surface area contributed by atoms with E-state index in [-0.39, 0.29) is 5.41 Å². The summed E-state index contributed by atoms with van der Waals surface area (Å²) >= 11 is 0. The highest BCUT2D eigenvalue weighted by Crippen LogP contribution is 2.33. The highest BCUT2D eigenvalue weighted by atomic mass is 14.7. The Morgan fingerprint density at radius 2 is 1.58 bits per heavy atom. The first kappa shape index (κ1) is 18.4. The lowest BCUT2D eigenvalue weighted by molar-refractivity contribution is 0.641. The summed E-state index contributed by atoms with van der Waals surface area (Å²) in [7, 11) is 0. The van der Waals surface area contributed by atoms with Crippen LogP contribution in [0.2, 0.25) is 0 Å². The van der Waals surface area contributed by atoms with Crippen molar-refractivity contribution < 1.29 is 0 Å². The van der Waals surface area contributed by atoms with Crippen LogP contribution in [0.4, 0.5) is 0 Å². The molecule has 0 fully saturated rings. The number of nitrogens with zero attached hydrogens (tertiary/aromatic N) is 1. The van der Waals surface area contributed by atoms with Crippen LogP contribution in [0, 0.1) is 12.8 Å². The van der Waals surface area contributed by atoms with Gasteiger partial charge in [-0.2, -0.15) is 0 Å². The van der Waals surface area contributed by atoms with Gasteiger partial charge < -0.3 is 0 Å². The molecule has 26 heavy (non-hydrogen) atoms. The van der Waals surface area contributed by atoms with E-state index in [0.29, 0.717) is 5.92 Å². The van der Waals surface area contributed by atoms with Crippen molar-refractivity contribution in [2.75, 3.05) is 0 Å². The quantitative estimate of drug-likeness (QED) is 0.510. The molecular formula is C25H29N. The molecule has 3 rings (SSSR count). The first-order valence-corrected chi connectivity index (χ1v) is 9.50. The minimum Gasteiger partial charge on any atom is -0.256 e. The summed E-state index contributed by atoms with van der Waals surface area (Å²) in [5.41, 5.74) is 7.54. The number of rotatable bonds is 5. The van der Waals surface area contributed by atoms with Crippen molar-refractivity contribution in [1.82, 2.24) is 4.98 Å². The molecule has 0 spiro atoms. The van der Waals surface area contributed by atoms with Crippen molar-refractivity contribution in [3.05, 3.63) is 89.1 Å². The van der Waals surface area contributed by atoms with Crippen molar-refractivity contribution in [3.63, 3.8) is 0 Å². The standard InChI is InChI=1S/C25H29N/c1-18(2)14-21-16-24(26-17-19(21)3)20-10-9-13-23(15-20)25(4,5)22-11-7-6-8-12-22/h6-13,15-18H,14H2,1-5H3. The maximum Gasteiger partial charge on any atom is 0.0705 e. The number of hydrogen-bond donors (Lipinski definition) is 0. The minimum absolute atomic E-state index is 0.0390. The lowest BCUT2D eigenvalue weighted by Gasteiger charge is -2.26. The average molecular weight is 344 g/mol. The predicted octanol–water partition coefficient (Wildman–Crippen LogP) is 6.58. The van der Waals surface area contributed by atoms with Gasteiger partial charge in [0, 0.05) is 17.2 Å². The SMILES string of the molecule is Cc1cnc(-c2cccc(C(C)(C)c3ccccc3)c2)cc1CC(C)C. The van der Waals surface area contributed by atoms with Crippen LogP contribution in [0.5, 0.6) is 0 Å². The molecule has 0 aliphatic carbocycles. The van der Waals surface area contributed by atoms with Gasteiger partial charge >= 0.3 is 0 Å². The van der Waals surface area contributed by atoms with Crippen molar-refractivity contribution in [1.29, 1.82) is 0 Å². The molecule has 0 saturated carbocycles. The van der Waals surface area contributed by atoms with Gasteiger partial charge in [0.1, 0.15) is 0 Å². The highest BCUT2D eigenvalue weighted by molar-refractivity contribution is 5.62. The topological polar surface area (TPSA) is 12.9 Å². The van der Waals surface area contributed by atoms with Gasteiger partial charge in [-0.3, -0.25) is 4.98 Å². The van der Waals surface area contributed by atoms with E-state index in [1.807, 2.05) is 6.20 Å². The lowest BCUT2D eigenvalue weighted by Crippen LogP contribution is -2.18. The molecule has 2 aromatic carbocycles. The monoisotopic (exact) mass is 343 g/mol. The fraction of sp³-hybridized carbons (Fsp3) is 0.320. The molecule has 0 saturated heterocycles. The number of benzene rings is 2. The van der Waals surface area contributed by atoms with E-state index < -0.39 is 0 Å². The normalized spacial score (nSPS) is 11.8. The molecule has 0 unspecified atom stereocenters. The van der Waals surface area contributed by atoms with Crippen LogP contribution in [0.3, 0.4) is 0 Å².